The minimum atomic E-state index is -1.34. The van der Waals surface area contributed by atoms with Gasteiger partial charge in [-0.1, -0.05) is 103 Å². The highest BCUT2D eigenvalue weighted by Crippen LogP contribution is 2.49. The number of carbonyl (C=O) groups excluding carboxylic acids is 2. The van der Waals surface area contributed by atoms with Crippen molar-refractivity contribution in [3.63, 3.8) is 0 Å². The van der Waals surface area contributed by atoms with E-state index in [1.807, 2.05) is 91.0 Å². The van der Waals surface area contributed by atoms with Gasteiger partial charge in [0.15, 0.2) is 0 Å². The van der Waals surface area contributed by atoms with Gasteiger partial charge in [-0.15, -0.1) is 11.8 Å². The van der Waals surface area contributed by atoms with Crippen molar-refractivity contribution in [2.24, 2.45) is 0 Å². The first-order valence-corrected chi connectivity index (χ1v) is 12.5. The molecule has 4 aromatic rings. The molecule has 1 aliphatic rings. The number of carboxylic acids is 1. The van der Waals surface area contributed by atoms with Crippen LogP contribution in [0.15, 0.2) is 115 Å². The molecule has 0 aromatic heterocycles. The first kappa shape index (κ1) is 23.6. The molecule has 1 N–H and O–H groups in total. The van der Waals surface area contributed by atoms with Crippen molar-refractivity contribution in [3.05, 3.63) is 143 Å². The predicted octanol–water partition coefficient (Wildman–Crippen LogP) is 5.46. The Hall–Kier alpha value is -4.16. The minimum Gasteiger partial charge on any atom is -0.480 e. The van der Waals surface area contributed by atoms with E-state index >= 15 is 0 Å². The van der Waals surface area contributed by atoms with Gasteiger partial charge >= 0.3 is 5.97 Å². The Morgan fingerprint density at radius 2 is 1.03 bits per heavy atom. The Balaban J connectivity index is 1.60. The Bertz CT molecular complexity index is 1280. The van der Waals surface area contributed by atoms with E-state index in [0.717, 1.165) is 21.6 Å². The number of rotatable bonds is 8. The summed E-state index contributed by atoms with van der Waals surface area (Å²) in [6.07, 6.45) is 0. The number of benzene rings is 4. The fourth-order valence-corrected chi connectivity index (χ4v) is 6.33. The summed E-state index contributed by atoms with van der Waals surface area (Å²) < 4.78 is -0.768. The monoisotopic (exact) mass is 493 g/mol. The molecular weight excluding hydrogens is 470 g/mol. The summed E-state index contributed by atoms with van der Waals surface area (Å²) >= 11 is 1.41. The summed E-state index contributed by atoms with van der Waals surface area (Å²) in [4.78, 5) is 39.6. The number of carboxylic acid groups (broad SMARTS) is 1. The third-order valence-electron chi connectivity index (χ3n) is 6.42. The average Bonchev–Trinajstić information content (AvgIpc) is 3.18. The number of fused-ring (bicyclic) bond motifs is 1. The van der Waals surface area contributed by atoms with Crippen molar-refractivity contribution >= 4 is 29.5 Å². The zero-order chi connectivity index (χ0) is 25.1. The SMILES string of the molecule is O=C(O)[C@H](CSC(c1ccccc1)(c1ccccc1)c1ccccc1)N1C(=O)c2ccccc2C1=O. The zero-order valence-corrected chi connectivity index (χ0v) is 20.1. The van der Waals surface area contributed by atoms with Gasteiger partial charge in [-0.25, -0.2) is 4.79 Å². The van der Waals surface area contributed by atoms with Crippen molar-refractivity contribution in [2.45, 2.75) is 10.8 Å². The van der Waals surface area contributed by atoms with Crippen LogP contribution in [0, 0.1) is 0 Å². The van der Waals surface area contributed by atoms with Crippen LogP contribution in [0.25, 0.3) is 0 Å². The number of amides is 2. The fraction of sp³-hybridized carbons (Fsp3) is 0.100. The minimum absolute atomic E-state index is 0.000511. The maximum absolute atomic E-state index is 13.1. The van der Waals surface area contributed by atoms with Gasteiger partial charge in [0.2, 0.25) is 0 Å². The molecule has 0 saturated carbocycles. The van der Waals surface area contributed by atoms with Crippen molar-refractivity contribution in [2.75, 3.05) is 5.75 Å². The number of thioether (sulfide) groups is 1. The molecule has 178 valence electrons. The van der Waals surface area contributed by atoms with Gasteiger partial charge in [-0.2, -0.15) is 0 Å². The first-order valence-electron chi connectivity index (χ1n) is 11.5. The van der Waals surface area contributed by atoms with Crippen LogP contribution < -0.4 is 0 Å². The molecule has 1 atom stereocenters. The highest BCUT2D eigenvalue weighted by Gasteiger charge is 2.45. The summed E-state index contributed by atoms with van der Waals surface area (Å²) in [5.41, 5.74) is 3.38. The van der Waals surface area contributed by atoms with Crippen LogP contribution >= 0.6 is 11.8 Å². The molecule has 0 radical (unpaired) electrons. The Labute approximate surface area is 213 Å². The fourth-order valence-electron chi connectivity index (χ4n) is 4.72. The molecule has 1 aliphatic heterocycles. The lowest BCUT2D eigenvalue weighted by molar-refractivity contribution is -0.140. The third-order valence-corrected chi connectivity index (χ3v) is 8.04. The van der Waals surface area contributed by atoms with E-state index in [0.29, 0.717) is 0 Å². The zero-order valence-electron chi connectivity index (χ0n) is 19.3. The predicted molar refractivity (Wildman–Crippen MR) is 140 cm³/mol. The van der Waals surface area contributed by atoms with Crippen LogP contribution in [-0.4, -0.2) is 39.6 Å². The topological polar surface area (TPSA) is 74.7 Å². The molecule has 0 unspecified atom stereocenters. The highest BCUT2D eigenvalue weighted by atomic mass is 32.2. The van der Waals surface area contributed by atoms with Crippen molar-refractivity contribution in [3.8, 4) is 0 Å². The van der Waals surface area contributed by atoms with Gasteiger partial charge in [0.1, 0.15) is 6.04 Å². The number of hydrogen-bond acceptors (Lipinski definition) is 4. The second-order valence-corrected chi connectivity index (χ2v) is 9.70. The van der Waals surface area contributed by atoms with Crippen molar-refractivity contribution in [1.29, 1.82) is 0 Å². The van der Waals surface area contributed by atoms with Gasteiger partial charge in [-0.3, -0.25) is 14.5 Å². The number of imide groups is 1. The molecule has 0 fully saturated rings. The van der Waals surface area contributed by atoms with Gasteiger partial charge in [0, 0.05) is 5.75 Å². The lowest BCUT2D eigenvalue weighted by Crippen LogP contribution is -2.47. The standard InChI is InChI=1S/C30H23NO4S/c32-27-24-18-10-11-19-25(24)28(33)31(27)26(29(34)35)20-36-30(21-12-4-1-5-13-21,22-14-6-2-7-15-22)23-16-8-3-9-17-23/h1-19,26H,20H2,(H,34,35)/t26-/m0/s1. The first-order chi connectivity index (χ1) is 17.5. The molecule has 6 heteroatoms. The average molecular weight is 494 g/mol. The van der Waals surface area contributed by atoms with Gasteiger partial charge < -0.3 is 5.11 Å². The Morgan fingerprint density at radius 1 is 0.667 bits per heavy atom. The smallest absolute Gasteiger partial charge is 0.327 e. The molecule has 5 nitrogen and oxygen atoms in total. The normalized spacial score (nSPS) is 13.9. The molecular formula is C30H23NO4S. The van der Waals surface area contributed by atoms with Crippen molar-refractivity contribution < 1.29 is 19.5 Å². The summed E-state index contributed by atoms with van der Waals surface area (Å²) in [6.45, 7) is 0. The third kappa shape index (κ3) is 3.99. The van der Waals surface area contributed by atoms with E-state index in [1.54, 1.807) is 24.3 Å². The Morgan fingerprint density at radius 3 is 1.39 bits per heavy atom. The van der Waals surface area contributed by atoms with Crippen molar-refractivity contribution in [1.82, 2.24) is 4.90 Å². The lowest BCUT2D eigenvalue weighted by atomic mass is 9.84. The molecule has 0 aliphatic carbocycles. The van der Waals surface area contributed by atoms with Crippen LogP contribution in [0.4, 0.5) is 0 Å². The second-order valence-electron chi connectivity index (χ2n) is 8.47. The second kappa shape index (κ2) is 9.84. The largest absolute Gasteiger partial charge is 0.480 e. The number of carbonyl (C=O) groups is 3. The van der Waals surface area contributed by atoms with E-state index in [4.69, 9.17) is 0 Å². The molecule has 5 rings (SSSR count). The summed E-state index contributed by atoms with van der Waals surface area (Å²) in [6, 6.07) is 34.8. The molecule has 2 amide bonds. The number of hydrogen-bond donors (Lipinski definition) is 1. The molecule has 1 heterocycles. The van der Waals surface area contributed by atoms with E-state index in [9.17, 15) is 19.5 Å². The molecule has 36 heavy (non-hydrogen) atoms. The van der Waals surface area contributed by atoms with E-state index < -0.39 is 28.6 Å². The van der Waals surface area contributed by atoms with Gasteiger partial charge in [0.05, 0.1) is 15.9 Å². The Kier molecular flexibility index (Phi) is 6.44. The van der Waals surface area contributed by atoms with E-state index in [1.165, 1.54) is 11.8 Å². The number of nitrogens with zero attached hydrogens (tertiary/aromatic N) is 1. The maximum atomic E-state index is 13.1. The van der Waals surface area contributed by atoms with E-state index in [2.05, 4.69) is 0 Å². The van der Waals surface area contributed by atoms with Crippen LogP contribution in [0.3, 0.4) is 0 Å². The summed E-state index contributed by atoms with van der Waals surface area (Å²) in [5.74, 6) is -2.37. The lowest BCUT2D eigenvalue weighted by Gasteiger charge is -2.37. The molecule has 0 spiro atoms. The molecule has 0 saturated heterocycles. The summed E-state index contributed by atoms with van der Waals surface area (Å²) in [7, 11) is 0. The highest BCUT2D eigenvalue weighted by molar-refractivity contribution is 8.00. The molecule has 4 aromatic carbocycles. The van der Waals surface area contributed by atoms with Crippen LogP contribution in [-0.2, 0) is 9.54 Å². The van der Waals surface area contributed by atoms with Gasteiger partial charge in [-0.05, 0) is 28.8 Å². The van der Waals surface area contributed by atoms with E-state index in [-0.39, 0.29) is 16.9 Å². The summed E-state index contributed by atoms with van der Waals surface area (Å²) in [5, 5.41) is 10.2. The van der Waals surface area contributed by atoms with Crippen LogP contribution in [0.2, 0.25) is 0 Å². The van der Waals surface area contributed by atoms with Gasteiger partial charge in [0.25, 0.3) is 11.8 Å². The quantitative estimate of drug-likeness (QED) is 0.261. The molecule has 0 bridgehead atoms. The maximum Gasteiger partial charge on any atom is 0.327 e. The number of aliphatic carboxylic acids is 1. The van der Waals surface area contributed by atoms with Crippen LogP contribution in [0.5, 0.6) is 0 Å². The van der Waals surface area contributed by atoms with Crippen LogP contribution in [0.1, 0.15) is 37.4 Å².